The summed E-state index contributed by atoms with van der Waals surface area (Å²) in [6.07, 6.45) is 2.75. The standard InChI is InChI=1S/C27H38FN3O4S/c1-7-8-17-29-26(33)20(2)30(18-21-9-13-23(28)14-10-21)25(32)19-31(36(6,34)35)24-15-11-22(12-16-24)27(3,4)5/h9-16,20H,7-8,17-19H2,1-6H3,(H,29,33)/t20-/m0/s1. The van der Waals surface area contributed by atoms with Gasteiger partial charge in [-0.1, -0.05) is 58.4 Å². The molecule has 0 spiro atoms. The molecule has 1 N–H and O–H groups in total. The van der Waals surface area contributed by atoms with Crippen LogP contribution in [0.4, 0.5) is 10.1 Å². The molecule has 2 amide bonds. The summed E-state index contributed by atoms with van der Waals surface area (Å²) >= 11 is 0. The average molecular weight is 520 g/mol. The summed E-state index contributed by atoms with van der Waals surface area (Å²) < 4.78 is 39.8. The molecule has 0 heterocycles. The highest BCUT2D eigenvalue weighted by Crippen LogP contribution is 2.26. The van der Waals surface area contributed by atoms with Gasteiger partial charge in [-0.05, 0) is 54.2 Å². The molecule has 0 saturated carbocycles. The van der Waals surface area contributed by atoms with Crippen LogP contribution in [0.15, 0.2) is 48.5 Å². The van der Waals surface area contributed by atoms with Gasteiger partial charge in [0, 0.05) is 13.1 Å². The molecule has 0 bridgehead atoms. The Morgan fingerprint density at radius 3 is 2.11 bits per heavy atom. The van der Waals surface area contributed by atoms with Crippen molar-refractivity contribution in [1.29, 1.82) is 0 Å². The molecular formula is C27H38FN3O4S. The number of carbonyl (C=O) groups excluding carboxylic acids is 2. The van der Waals surface area contributed by atoms with Gasteiger partial charge in [0.2, 0.25) is 21.8 Å². The van der Waals surface area contributed by atoms with Crippen molar-refractivity contribution in [3.8, 4) is 0 Å². The molecule has 0 fully saturated rings. The molecule has 2 aromatic carbocycles. The van der Waals surface area contributed by atoms with Crippen molar-refractivity contribution in [2.24, 2.45) is 0 Å². The van der Waals surface area contributed by atoms with E-state index >= 15 is 0 Å². The van der Waals surface area contributed by atoms with Gasteiger partial charge < -0.3 is 10.2 Å². The lowest BCUT2D eigenvalue weighted by atomic mass is 9.87. The smallest absolute Gasteiger partial charge is 0.244 e. The van der Waals surface area contributed by atoms with Crippen molar-refractivity contribution < 1.29 is 22.4 Å². The van der Waals surface area contributed by atoms with Crippen LogP contribution in [0.1, 0.15) is 58.6 Å². The Morgan fingerprint density at radius 2 is 1.61 bits per heavy atom. The van der Waals surface area contributed by atoms with Crippen molar-refractivity contribution in [1.82, 2.24) is 10.2 Å². The molecule has 1 atom stereocenters. The highest BCUT2D eigenvalue weighted by atomic mass is 32.2. The van der Waals surface area contributed by atoms with Crippen LogP contribution in [-0.4, -0.2) is 50.5 Å². The van der Waals surface area contributed by atoms with Crippen LogP contribution in [0.2, 0.25) is 0 Å². The fourth-order valence-corrected chi connectivity index (χ4v) is 4.50. The zero-order valence-corrected chi connectivity index (χ0v) is 22.9. The van der Waals surface area contributed by atoms with Crippen LogP contribution < -0.4 is 9.62 Å². The molecule has 9 heteroatoms. The van der Waals surface area contributed by atoms with Crippen LogP contribution >= 0.6 is 0 Å². The molecular weight excluding hydrogens is 481 g/mol. The second kappa shape index (κ2) is 12.3. The number of amides is 2. The number of carbonyl (C=O) groups is 2. The Bertz CT molecular complexity index is 1130. The molecule has 0 aliphatic rings. The molecule has 0 saturated heterocycles. The Kier molecular flexibility index (Phi) is 10.0. The third-order valence-corrected chi connectivity index (χ3v) is 7.10. The molecule has 0 aliphatic heterocycles. The van der Waals surface area contributed by atoms with Gasteiger partial charge in [-0.3, -0.25) is 13.9 Å². The maximum Gasteiger partial charge on any atom is 0.244 e. The van der Waals surface area contributed by atoms with Gasteiger partial charge >= 0.3 is 0 Å². The normalized spacial score (nSPS) is 12.6. The van der Waals surface area contributed by atoms with Gasteiger partial charge in [-0.2, -0.15) is 0 Å². The van der Waals surface area contributed by atoms with Gasteiger partial charge in [-0.15, -0.1) is 0 Å². The van der Waals surface area contributed by atoms with E-state index in [0.29, 0.717) is 17.8 Å². The topological polar surface area (TPSA) is 86.8 Å². The molecule has 0 radical (unpaired) electrons. The van der Waals surface area contributed by atoms with Gasteiger partial charge in [0.1, 0.15) is 18.4 Å². The lowest BCUT2D eigenvalue weighted by molar-refractivity contribution is -0.139. The zero-order chi connectivity index (χ0) is 27.1. The first-order valence-corrected chi connectivity index (χ1v) is 14.0. The molecule has 0 aromatic heterocycles. The number of hydrogen-bond donors (Lipinski definition) is 1. The third kappa shape index (κ3) is 8.33. The van der Waals surface area contributed by atoms with E-state index in [1.165, 1.54) is 29.2 Å². The summed E-state index contributed by atoms with van der Waals surface area (Å²) in [5, 5.41) is 2.82. The van der Waals surface area contributed by atoms with Crippen molar-refractivity contribution in [3.05, 3.63) is 65.5 Å². The number of benzene rings is 2. The van der Waals surface area contributed by atoms with Gasteiger partial charge in [0.15, 0.2) is 0 Å². The lowest BCUT2D eigenvalue weighted by Gasteiger charge is -2.31. The molecule has 0 unspecified atom stereocenters. The van der Waals surface area contributed by atoms with Crippen molar-refractivity contribution in [2.75, 3.05) is 23.7 Å². The monoisotopic (exact) mass is 519 g/mol. The Labute approximate surface area is 214 Å². The second-order valence-corrected chi connectivity index (χ2v) is 11.9. The minimum Gasteiger partial charge on any atom is -0.354 e. The number of unbranched alkanes of at least 4 members (excludes halogenated alkanes) is 1. The van der Waals surface area contributed by atoms with E-state index in [0.717, 1.165) is 29.0 Å². The first-order valence-electron chi connectivity index (χ1n) is 12.1. The van der Waals surface area contributed by atoms with Crippen LogP contribution in [0.5, 0.6) is 0 Å². The Morgan fingerprint density at radius 1 is 1.03 bits per heavy atom. The maximum absolute atomic E-state index is 13.5. The predicted octanol–water partition coefficient (Wildman–Crippen LogP) is 4.22. The number of sulfonamides is 1. The molecule has 198 valence electrons. The van der Waals surface area contributed by atoms with Gasteiger partial charge in [0.05, 0.1) is 11.9 Å². The molecule has 36 heavy (non-hydrogen) atoms. The number of hydrogen-bond acceptors (Lipinski definition) is 4. The van der Waals surface area contributed by atoms with E-state index in [-0.39, 0.29) is 17.9 Å². The van der Waals surface area contributed by atoms with Crippen LogP contribution in [0, 0.1) is 5.82 Å². The minimum atomic E-state index is -3.80. The van der Waals surface area contributed by atoms with E-state index in [1.54, 1.807) is 19.1 Å². The summed E-state index contributed by atoms with van der Waals surface area (Å²) in [4.78, 5) is 27.6. The fourth-order valence-electron chi connectivity index (χ4n) is 3.65. The predicted molar refractivity (Wildman–Crippen MR) is 142 cm³/mol. The minimum absolute atomic E-state index is 0.0298. The first-order chi connectivity index (χ1) is 16.7. The zero-order valence-electron chi connectivity index (χ0n) is 22.0. The summed E-state index contributed by atoms with van der Waals surface area (Å²) in [5.74, 6) is -1.29. The number of nitrogens with zero attached hydrogens (tertiary/aromatic N) is 2. The summed E-state index contributed by atoms with van der Waals surface area (Å²) in [7, 11) is -3.80. The number of nitrogens with one attached hydrogen (secondary N) is 1. The number of halogens is 1. The third-order valence-electron chi connectivity index (χ3n) is 5.96. The van der Waals surface area contributed by atoms with Crippen LogP contribution in [0.25, 0.3) is 0 Å². The largest absolute Gasteiger partial charge is 0.354 e. The SMILES string of the molecule is CCCCNC(=O)[C@H](C)N(Cc1ccc(F)cc1)C(=O)CN(c1ccc(C(C)(C)C)cc1)S(C)(=O)=O. The number of rotatable bonds is 11. The summed E-state index contributed by atoms with van der Waals surface area (Å²) in [5.41, 5.74) is 1.90. The molecule has 2 rings (SSSR count). The van der Waals surface area contributed by atoms with Gasteiger partial charge in [0.25, 0.3) is 0 Å². The lowest BCUT2D eigenvalue weighted by Crippen LogP contribution is -2.51. The average Bonchev–Trinajstić information content (AvgIpc) is 2.80. The quantitative estimate of drug-likeness (QED) is 0.451. The summed E-state index contributed by atoms with van der Waals surface area (Å²) in [6.45, 7) is 9.82. The van der Waals surface area contributed by atoms with Crippen LogP contribution in [-0.2, 0) is 31.6 Å². The first kappa shape index (κ1) is 29.3. The van der Waals surface area contributed by atoms with E-state index in [1.807, 2.05) is 19.1 Å². The van der Waals surface area contributed by atoms with Gasteiger partial charge in [-0.25, -0.2) is 12.8 Å². The van der Waals surface area contributed by atoms with Crippen molar-refractivity contribution in [2.45, 2.75) is 65.5 Å². The number of anilines is 1. The van der Waals surface area contributed by atoms with Crippen LogP contribution in [0.3, 0.4) is 0 Å². The maximum atomic E-state index is 13.5. The van der Waals surface area contributed by atoms with E-state index in [9.17, 15) is 22.4 Å². The molecule has 0 aliphatic carbocycles. The highest BCUT2D eigenvalue weighted by Gasteiger charge is 2.30. The highest BCUT2D eigenvalue weighted by molar-refractivity contribution is 7.92. The van der Waals surface area contributed by atoms with Crippen molar-refractivity contribution >= 4 is 27.5 Å². The van der Waals surface area contributed by atoms with E-state index in [4.69, 9.17) is 0 Å². The second-order valence-electron chi connectivity index (χ2n) is 10.0. The Hall–Kier alpha value is -2.94. The molecule has 2 aromatic rings. The summed E-state index contributed by atoms with van der Waals surface area (Å²) in [6, 6.07) is 11.8. The Balaban J connectivity index is 2.35. The van der Waals surface area contributed by atoms with Crippen molar-refractivity contribution in [3.63, 3.8) is 0 Å². The van der Waals surface area contributed by atoms with E-state index in [2.05, 4.69) is 26.1 Å². The molecule has 7 nitrogen and oxygen atoms in total. The fraction of sp³-hybridized carbons (Fsp3) is 0.481. The van der Waals surface area contributed by atoms with E-state index < -0.39 is 34.3 Å².